The molecule has 0 bridgehead atoms. The Morgan fingerprint density at radius 2 is 0.853 bits per heavy atom. The van der Waals surface area contributed by atoms with Crippen LogP contribution in [0.5, 0.6) is 0 Å². The molecule has 0 saturated heterocycles. The lowest BCUT2D eigenvalue weighted by Gasteiger charge is -2.25. The van der Waals surface area contributed by atoms with E-state index in [1.54, 1.807) is 6.08 Å². The lowest BCUT2D eigenvalue weighted by molar-refractivity contribution is -0.870. The number of likely N-dealkylation sites (N-methyl/N-ethyl adjacent to an activating group) is 1. The molecule has 0 aromatic heterocycles. The van der Waals surface area contributed by atoms with Gasteiger partial charge in [-0.2, -0.15) is 0 Å². The molecule has 400 valence electrons. The number of unbranched alkanes of at least 4 members (excludes halogenated alkanes) is 34. The first kappa shape index (κ1) is 66.5. The Hall–Kier alpha value is -1.54. The molecule has 0 radical (unpaired) electrons. The average Bonchev–Trinajstić information content (AvgIpc) is 3.30. The SMILES string of the molecule is CCCCCCCCCCC/C=C\C/C=C\CCCCCCCCCCCCCCCC(=O)NC(COP(=O)(O)OCC[N+](C)(C)C)C(O)/C=C/CC/C=C/CCCCCCCCCCCCC. The van der Waals surface area contributed by atoms with Crippen LogP contribution in [0.1, 0.15) is 271 Å². The molecule has 0 heterocycles. The van der Waals surface area contributed by atoms with Gasteiger partial charge in [0.2, 0.25) is 5.91 Å². The molecule has 0 aliphatic rings. The van der Waals surface area contributed by atoms with Gasteiger partial charge in [0.1, 0.15) is 13.2 Å². The zero-order valence-electron chi connectivity index (χ0n) is 45.6. The number of quaternary nitrogens is 1. The van der Waals surface area contributed by atoms with Crippen molar-refractivity contribution in [2.24, 2.45) is 0 Å². The smallest absolute Gasteiger partial charge is 0.387 e. The minimum Gasteiger partial charge on any atom is -0.387 e. The van der Waals surface area contributed by atoms with E-state index in [2.05, 4.69) is 55.6 Å². The zero-order chi connectivity index (χ0) is 49.9. The fraction of sp³-hybridized carbons (Fsp3) is 0.847. The summed E-state index contributed by atoms with van der Waals surface area (Å²) in [5, 5.41) is 13.9. The Bertz CT molecular complexity index is 1250. The maximum atomic E-state index is 13.0. The highest BCUT2D eigenvalue weighted by molar-refractivity contribution is 7.47. The highest BCUT2D eigenvalue weighted by Crippen LogP contribution is 2.43. The zero-order valence-corrected chi connectivity index (χ0v) is 46.5. The average molecular weight is 979 g/mol. The quantitative estimate of drug-likeness (QED) is 0.0243. The van der Waals surface area contributed by atoms with Crippen molar-refractivity contribution in [2.75, 3.05) is 40.9 Å². The topological polar surface area (TPSA) is 105 Å². The van der Waals surface area contributed by atoms with E-state index in [4.69, 9.17) is 9.05 Å². The second kappa shape index (κ2) is 50.4. The Morgan fingerprint density at radius 1 is 0.500 bits per heavy atom. The molecule has 0 spiro atoms. The number of amides is 1. The number of carbonyl (C=O) groups is 1. The summed E-state index contributed by atoms with van der Waals surface area (Å²) in [4.78, 5) is 23.3. The summed E-state index contributed by atoms with van der Waals surface area (Å²) in [6, 6.07) is -0.864. The van der Waals surface area contributed by atoms with Gasteiger partial charge in [0, 0.05) is 6.42 Å². The van der Waals surface area contributed by atoms with Crippen LogP contribution in [-0.2, 0) is 18.4 Å². The predicted molar refractivity (Wildman–Crippen MR) is 295 cm³/mol. The first-order chi connectivity index (χ1) is 33.0. The van der Waals surface area contributed by atoms with Crippen molar-refractivity contribution in [1.29, 1.82) is 0 Å². The van der Waals surface area contributed by atoms with E-state index < -0.39 is 20.0 Å². The van der Waals surface area contributed by atoms with E-state index >= 15 is 0 Å². The van der Waals surface area contributed by atoms with Crippen molar-refractivity contribution in [3.8, 4) is 0 Å². The lowest BCUT2D eigenvalue weighted by atomic mass is 10.0. The second-order valence-corrected chi connectivity index (χ2v) is 22.5. The molecule has 68 heavy (non-hydrogen) atoms. The van der Waals surface area contributed by atoms with Crippen LogP contribution >= 0.6 is 7.82 Å². The Balaban J connectivity index is 4.17. The monoisotopic (exact) mass is 978 g/mol. The van der Waals surface area contributed by atoms with Crippen molar-refractivity contribution in [2.45, 2.75) is 283 Å². The summed E-state index contributed by atoms with van der Waals surface area (Å²) in [7, 11) is 1.56. The Morgan fingerprint density at radius 3 is 1.26 bits per heavy atom. The van der Waals surface area contributed by atoms with Crippen LogP contribution < -0.4 is 5.32 Å². The number of nitrogens with zero attached hydrogens (tertiary/aromatic N) is 1. The van der Waals surface area contributed by atoms with Crippen molar-refractivity contribution in [3.05, 3.63) is 48.6 Å². The number of allylic oxidation sites excluding steroid dienone is 7. The van der Waals surface area contributed by atoms with Gasteiger partial charge in [0.25, 0.3) is 0 Å². The highest BCUT2D eigenvalue weighted by atomic mass is 31.2. The summed E-state index contributed by atoms with van der Waals surface area (Å²) in [6.45, 7) is 4.81. The van der Waals surface area contributed by atoms with E-state index in [0.717, 1.165) is 44.9 Å². The number of nitrogens with one attached hydrogen (secondary N) is 1. The van der Waals surface area contributed by atoms with Crippen molar-refractivity contribution >= 4 is 13.7 Å². The minimum absolute atomic E-state index is 0.0557. The van der Waals surface area contributed by atoms with Crippen LogP contribution in [0.25, 0.3) is 0 Å². The predicted octanol–water partition coefficient (Wildman–Crippen LogP) is 17.5. The molecule has 9 heteroatoms. The van der Waals surface area contributed by atoms with Crippen molar-refractivity contribution < 1.29 is 32.9 Å². The van der Waals surface area contributed by atoms with Crippen LogP contribution in [0.3, 0.4) is 0 Å². The third-order valence-electron chi connectivity index (χ3n) is 13.0. The van der Waals surface area contributed by atoms with Gasteiger partial charge < -0.3 is 19.8 Å². The van der Waals surface area contributed by atoms with Gasteiger partial charge in [-0.1, -0.05) is 249 Å². The van der Waals surface area contributed by atoms with Crippen molar-refractivity contribution in [1.82, 2.24) is 5.32 Å². The van der Waals surface area contributed by atoms with Crippen LogP contribution in [0.2, 0.25) is 0 Å². The fourth-order valence-corrected chi connectivity index (χ4v) is 9.18. The molecule has 0 fully saturated rings. The first-order valence-corrected chi connectivity index (χ1v) is 30.5. The van der Waals surface area contributed by atoms with Gasteiger partial charge in [0.15, 0.2) is 0 Å². The number of carbonyl (C=O) groups excluding carboxylic acids is 1. The van der Waals surface area contributed by atoms with E-state index in [-0.39, 0.29) is 19.1 Å². The Labute approximate surface area is 422 Å². The summed E-state index contributed by atoms with van der Waals surface area (Å²) in [5.41, 5.74) is 0. The van der Waals surface area contributed by atoms with Crippen LogP contribution in [0.15, 0.2) is 48.6 Å². The van der Waals surface area contributed by atoms with E-state index in [1.165, 1.54) is 205 Å². The number of phosphoric ester groups is 1. The molecule has 0 saturated carbocycles. The van der Waals surface area contributed by atoms with E-state index in [1.807, 2.05) is 27.2 Å². The van der Waals surface area contributed by atoms with E-state index in [9.17, 15) is 19.4 Å². The van der Waals surface area contributed by atoms with Gasteiger partial charge in [-0.15, -0.1) is 0 Å². The summed E-state index contributed by atoms with van der Waals surface area (Å²) in [5.74, 6) is -0.186. The van der Waals surface area contributed by atoms with Crippen LogP contribution in [0, 0.1) is 0 Å². The lowest BCUT2D eigenvalue weighted by Crippen LogP contribution is -2.45. The standard InChI is InChI=1S/C59H113N2O6P/c1-6-8-10-12-14-16-18-20-22-24-25-26-27-28-29-30-31-32-33-34-35-37-39-41-43-45-47-49-51-53-59(63)60-57(56-67-68(64,65)66-55-54-61(3,4)5)58(62)52-50-48-46-44-42-40-38-36-23-21-19-17-15-13-11-9-7-2/h25-26,28-29,42,44,50,52,57-58,62H,6-24,27,30-41,43,45-49,51,53-56H2,1-5H3,(H-,60,63,64,65)/p+1/b26-25-,29-28-,44-42+,52-50+. The number of hydrogen-bond acceptors (Lipinski definition) is 5. The maximum Gasteiger partial charge on any atom is 0.472 e. The van der Waals surface area contributed by atoms with Crippen molar-refractivity contribution in [3.63, 3.8) is 0 Å². The fourth-order valence-electron chi connectivity index (χ4n) is 8.44. The normalized spacial score (nSPS) is 14.3. The summed E-state index contributed by atoms with van der Waals surface area (Å²) >= 11 is 0. The molecule has 3 atom stereocenters. The summed E-state index contributed by atoms with van der Waals surface area (Å²) in [6.07, 6.45) is 66.5. The molecule has 0 aromatic rings. The molecule has 0 aliphatic heterocycles. The number of aliphatic hydroxyl groups is 1. The van der Waals surface area contributed by atoms with Gasteiger partial charge >= 0.3 is 7.82 Å². The minimum atomic E-state index is -4.35. The molecule has 3 N–H and O–H groups in total. The molecule has 8 nitrogen and oxygen atoms in total. The molecular formula is C59H114N2O6P+. The number of hydrogen-bond donors (Lipinski definition) is 3. The molecule has 0 aliphatic carbocycles. The first-order valence-electron chi connectivity index (χ1n) is 29.0. The van der Waals surface area contributed by atoms with Gasteiger partial charge in [-0.3, -0.25) is 13.8 Å². The number of phosphoric acid groups is 1. The third kappa shape index (κ3) is 52.3. The number of aliphatic hydroxyl groups excluding tert-OH is 1. The molecule has 1 amide bonds. The maximum absolute atomic E-state index is 13.0. The molecule has 0 aromatic carbocycles. The summed E-state index contributed by atoms with van der Waals surface area (Å²) < 4.78 is 23.7. The molecule has 3 unspecified atom stereocenters. The van der Waals surface area contributed by atoms with Gasteiger partial charge in [-0.05, 0) is 64.2 Å². The highest BCUT2D eigenvalue weighted by Gasteiger charge is 2.27. The van der Waals surface area contributed by atoms with Gasteiger partial charge in [0.05, 0.1) is 39.9 Å². The second-order valence-electron chi connectivity index (χ2n) is 21.0. The molecule has 0 rings (SSSR count). The number of rotatable bonds is 53. The Kier molecular flexibility index (Phi) is 49.3. The largest absolute Gasteiger partial charge is 0.472 e. The van der Waals surface area contributed by atoms with Crippen LogP contribution in [-0.4, -0.2) is 73.4 Å². The van der Waals surface area contributed by atoms with E-state index in [0.29, 0.717) is 17.4 Å². The van der Waals surface area contributed by atoms with Gasteiger partial charge in [-0.25, -0.2) is 4.57 Å². The third-order valence-corrected chi connectivity index (χ3v) is 14.0. The van der Waals surface area contributed by atoms with Crippen LogP contribution in [0.4, 0.5) is 0 Å². The molecular weight excluding hydrogens is 864 g/mol.